The minimum atomic E-state index is -0.466. The Morgan fingerprint density at radius 3 is 0.614 bits per heavy atom. The highest BCUT2D eigenvalue weighted by Gasteiger charge is 2.28. The molecule has 0 aliphatic heterocycles. The number of ketones is 7. The summed E-state index contributed by atoms with van der Waals surface area (Å²) in [5.74, 6) is -1.87. The summed E-state index contributed by atoms with van der Waals surface area (Å²) in [6.07, 6.45) is 0. The van der Waals surface area contributed by atoms with Gasteiger partial charge in [0.05, 0.1) is 0 Å². The Bertz CT molecular complexity index is 2210. The van der Waals surface area contributed by atoms with Crippen LogP contribution in [0, 0.1) is 0 Å². The molecule has 8 rings (SSSR count). The molecule has 0 spiro atoms. The van der Waals surface area contributed by atoms with E-state index in [4.69, 9.17) is 0 Å². The fourth-order valence-corrected chi connectivity index (χ4v) is 5.60. The van der Waals surface area contributed by atoms with Crippen LogP contribution in [-0.4, -0.2) is 40.5 Å². The lowest BCUT2D eigenvalue weighted by atomic mass is 9.84. The van der Waals surface area contributed by atoms with Crippen LogP contribution in [0.1, 0.15) is 90.6 Å². The molecule has 7 aromatic rings. The molecule has 7 heteroatoms. The number of benzene rings is 7. The van der Waals surface area contributed by atoms with Crippen molar-refractivity contribution < 1.29 is 33.6 Å². The van der Waals surface area contributed by atoms with E-state index >= 15 is 0 Å². The molecule has 1 aliphatic rings. The van der Waals surface area contributed by atoms with E-state index in [-0.39, 0.29) is 17.3 Å². The largest absolute Gasteiger partial charge is 0.295 e. The van der Waals surface area contributed by atoms with E-state index in [1.54, 1.807) is 153 Å². The number of hydrogen-bond donors (Lipinski definition) is 0. The van der Waals surface area contributed by atoms with E-state index in [9.17, 15) is 33.6 Å². The van der Waals surface area contributed by atoms with Gasteiger partial charge in [0.2, 0.25) is 23.1 Å². The van der Waals surface area contributed by atoms with Crippen LogP contribution in [0.2, 0.25) is 0 Å². The van der Waals surface area contributed by atoms with E-state index < -0.39 is 23.1 Å². The molecule has 0 amide bonds. The first-order chi connectivity index (χ1) is 27.7. The van der Waals surface area contributed by atoms with E-state index in [1.165, 1.54) is 0 Å². The zero-order valence-corrected chi connectivity index (χ0v) is 30.9. The van der Waals surface area contributed by atoms with Crippen molar-refractivity contribution in [2.75, 3.05) is 0 Å². The van der Waals surface area contributed by atoms with Crippen LogP contribution in [-0.2, 0) is 0 Å². The van der Waals surface area contributed by atoms with Crippen molar-refractivity contribution in [1.29, 1.82) is 0 Å². The fourth-order valence-electron chi connectivity index (χ4n) is 5.60. The molecule has 0 heterocycles. The van der Waals surface area contributed by atoms with Gasteiger partial charge in [0.25, 0.3) is 0 Å². The van der Waals surface area contributed by atoms with Crippen molar-refractivity contribution in [1.82, 2.24) is 0 Å². The van der Waals surface area contributed by atoms with Gasteiger partial charge in [-0.3, -0.25) is 33.6 Å². The lowest BCUT2D eigenvalue weighted by Crippen LogP contribution is -2.20. The molecule has 57 heavy (non-hydrogen) atoms. The Morgan fingerprint density at radius 1 is 0.263 bits per heavy atom. The molecular weight excluding hydrogens is 713 g/mol. The van der Waals surface area contributed by atoms with Crippen LogP contribution in [0.3, 0.4) is 0 Å². The number of rotatable bonds is 7. The molecular formula is C50H36O7. The summed E-state index contributed by atoms with van der Waals surface area (Å²) in [5.41, 5.74) is 4.51. The SMILES string of the molecule is CC(=O)c1ccccc1.O=C(C(=O)c1ccccc1)c1ccccc1.O=C(C(=O)c1ccccc1)c1ccccc1.O=C1c2ccccc2C(=O)c2ccccc21. The highest BCUT2D eigenvalue weighted by molar-refractivity contribution is 6.49. The third-order valence-corrected chi connectivity index (χ3v) is 8.57. The van der Waals surface area contributed by atoms with Gasteiger partial charge in [-0.25, -0.2) is 0 Å². The quantitative estimate of drug-likeness (QED) is 0.118. The monoisotopic (exact) mass is 748 g/mol. The highest BCUT2D eigenvalue weighted by atomic mass is 16.2. The predicted octanol–water partition coefficient (Wildman–Crippen LogP) is 9.86. The molecule has 0 N–H and O–H groups in total. The molecule has 0 aromatic heterocycles. The molecule has 0 radical (unpaired) electrons. The van der Waals surface area contributed by atoms with Gasteiger partial charge in [-0.15, -0.1) is 0 Å². The smallest absolute Gasteiger partial charge is 0.233 e. The minimum absolute atomic E-state index is 0.0641. The molecule has 0 saturated carbocycles. The Kier molecular flexibility index (Phi) is 14.2. The summed E-state index contributed by atoms with van der Waals surface area (Å²) in [6, 6.07) is 57.4. The summed E-state index contributed by atoms with van der Waals surface area (Å²) in [5, 5.41) is 0. The minimum Gasteiger partial charge on any atom is -0.295 e. The second-order valence-electron chi connectivity index (χ2n) is 12.5. The van der Waals surface area contributed by atoms with Crippen molar-refractivity contribution in [2.24, 2.45) is 0 Å². The molecule has 1 aliphatic carbocycles. The first kappa shape index (κ1) is 40.4. The van der Waals surface area contributed by atoms with Gasteiger partial charge in [0.1, 0.15) is 0 Å². The third kappa shape index (κ3) is 10.7. The number of fused-ring (bicyclic) bond motifs is 2. The topological polar surface area (TPSA) is 119 Å². The van der Waals surface area contributed by atoms with Crippen molar-refractivity contribution in [3.63, 3.8) is 0 Å². The van der Waals surface area contributed by atoms with E-state index in [2.05, 4.69) is 0 Å². The third-order valence-electron chi connectivity index (χ3n) is 8.57. The second-order valence-corrected chi connectivity index (χ2v) is 12.5. The molecule has 7 nitrogen and oxygen atoms in total. The molecule has 7 aromatic carbocycles. The number of carbonyl (C=O) groups is 7. The molecule has 0 unspecified atom stereocenters. The van der Waals surface area contributed by atoms with Crippen LogP contribution >= 0.6 is 0 Å². The maximum atomic E-state index is 12.1. The van der Waals surface area contributed by atoms with Crippen molar-refractivity contribution >= 4 is 40.5 Å². The molecule has 278 valence electrons. The van der Waals surface area contributed by atoms with Gasteiger partial charge in [-0.1, -0.05) is 200 Å². The van der Waals surface area contributed by atoms with E-state index in [0.717, 1.165) is 5.56 Å². The lowest BCUT2D eigenvalue weighted by Gasteiger charge is -2.16. The van der Waals surface area contributed by atoms with Gasteiger partial charge < -0.3 is 0 Å². The first-order valence-corrected chi connectivity index (χ1v) is 17.9. The Morgan fingerprint density at radius 2 is 0.439 bits per heavy atom. The zero-order valence-electron chi connectivity index (χ0n) is 30.9. The normalized spacial score (nSPS) is 10.6. The maximum absolute atomic E-state index is 12.1. The molecule has 0 atom stereocenters. The Labute approximate surface area is 330 Å². The van der Waals surface area contributed by atoms with E-state index in [1.807, 2.05) is 54.6 Å². The van der Waals surface area contributed by atoms with Crippen LogP contribution < -0.4 is 0 Å². The van der Waals surface area contributed by atoms with Gasteiger partial charge in [0.15, 0.2) is 17.3 Å². The number of carbonyl (C=O) groups excluding carboxylic acids is 7. The lowest BCUT2D eigenvalue weighted by molar-refractivity contribution is 0.0817. The van der Waals surface area contributed by atoms with Crippen molar-refractivity contribution in [2.45, 2.75) is 6.92 Å². The van der Waals surface area contributed by atoms with Crippen molar-refractivity contribution in [3.05, 3.63) is 250 Å². The van der Waals surface area contributed by atoms with Crippen molar-refractivity contribution in [3.8, 4) is 0 Å². The highest BCUT2D eigenvalue weighted by Crippen LogP contribution is 2.26. The maximum Gasteiger partial charge on any atom is 0.233 e. The predicted molar refractivity (Wildman–Crippen MR) is 219 cm³/mol. The number of Topliss-reactive ketones (excluding diaryl/α,β-unsaturated/α-hetero) is 5. The van der Waals surface area contributed by atoms with Gasteiger partial charge in [0, 0.05) is 50.1 Å². The average molecular weight is 749 g/mol. The Balaban J connectivity index is 0.000000148. The van der Waals surface area contributed by atoms with Crippen LogP contribution in [0.4, 0.5) is 0 Å². The van der Waals surface area contributed by atoms with E-state index in [0.29, 0.717) is 44.5 Å². The fraction of sp³-hybridized carbons (Fsp3) is 0.0200. The Hall–Kier alpha value is -7.77. The first-order valence-electron chi connectivity index (χ1n) is 17.9. The molecule has 0 saturated heterocycles. The molecule has 0 fully saturated rings. The van der Waals surface area contributed by atoms with Crippen LogP contribution in [0.15, 0.2) is 200 Å². The summed E-state index contributed by atoms with van der Waals surface area (Å²) in [7, 11) is 0. The number of hydrogen-bond acceptors (Lipinski definition) is 7. The van der Waals surface area contributed by atoms with Gasteiger partial charge in [-0.05, 0) is 6.92 Å². The van der Waals surface area contributed by atoms with Gasteiger partial charge >= 0.3 is 0 Å². The summed E-state index contributed by atoms with van der Waals surface area (Å²) < 4.78 is 0. The van der Waals surface area contributed by atoms with Crippen LogP contribution in [0.25, 0.3) is 0 Å². The summed E-state index contributed by atoms with van der Waals surface area (Å²) in [6.45, 7) is 1.56. The zero-order chi connectivity index (χ0) is 40.6. The summed E-state index contributed by atoms with van der Waals surface area (Å²) in [4.78, 5) is 82.0. The van der Waals surface area contributed by atoms with Gasteiger partial charge in [-0.2, -0.15) is 0 Å². The summed E-state index contributed by atoms with van der Waals surface area (Å²) >= 11 is 0. The van der Waals surface area contributed by atoms with Crippen LogP contribution in [0.5, 0.6) is 0 Å². The second kappa shape index (κ2) is 20.1. The molecule has 0 bridgehead atoms. The average Bonchev–Trinajstić information content (AvgIpc) is 3.29. The standard InChI is InChI=1S/C14H8O2.2C14H10O2.C8H8O/c15-13-9-5-1-2-6-10(9)14(16)12-8-4-3-7-11(12)13;2*15-13(11-7-3-1-4-8-11)14(16)12-9-5-2-6-10-12;1-7(9)8-5-3-2-4-6-8/h1-8H;2*1-10H;2-6H,1H3.